The van der Waals surface area contributed by atoms with Gasteiger partial charge in [-0.05, 0) is 43.2 Å². The van der Waals surface area contributed by atoms with Crippen molar-refractivity contribution >= 4 is 17.1 Å². The topological polar surface area (TPSA) is 26.3 Å². The Balaban J connectivity index is 2.57. The molecule has 78 valence electrons. The molecule has 0 atom stereocenters. The zero-order chi connectivity index (χ0) is 10.6. The van der Waals surface area contributed by atoms with Crippen LogP contribution in [-0.2, 0) is 16.0 Å². The molecule has 1 rings (SSSR count). The third kappa shape index (κ3) is 2.93. The first-order chi connectivity index (χ1) is 6.56. The van der Waals surface area contributed by atoms with Crippen LogP contribution in [0.4, 0.5) is 0 Å². The Morgan fingerprint density at radius 3 is 2.79 bits per heavy atom. The van der Waals surface area contributed by atoms with Crippen molar-refractivity contribution in [1.82, 2.24) is 0 Å². The van der Waals surface area contributed by atoms with Crippen LogP contribution in [0.2, 0.25) is 0 Å². The van der Waals surface area contributed by atoms with Crippen LogP contribution < -0.4 is 0 Å². The van der Waals surface area contributed by atoms with Crippen molar-refractivity contribution in [3.63, 3.8) is 0 Å². The van der Waals surface area contributed by atoms with E-state index in [1.54, 1.807) is 11.3 Å². The van der Waals surface area contributed by atoms with Crippen LogP contribution in [0.5, 0.6) is 0 Å². The lowest BCUT2D eigenvalue weighted by Crippen LogP contribution is -2.36. The summed E-state index contributed by atoms with van der Waals surface area (Å²) in [7, 11) is 0. The summed E-state index contributed by atoms with van der Waals surface area (Å²) < 4.78 is 5.39. The number of Topliss-reactive ketones (excluding diaryl/α,β-unsaturated/α-hetero) is 1. The number of hydrogen-bond acceptors (Lipinski definition) is 3. The predicted octanol–water partition coefficient (Wildman–Crippen LogP) is 2.67. The molecular formula is C11H16O2S. The monoisotopic (exact) mass is 212 g/mol. The normalized spacial score (nSPS) is 11.6. The largest absolute Gasteiger partial charge is 0.368 e. The van der Waals surface area contributed by atoms with E-state index in [9.17, 15) is 4.79 Å². The maximum atomic E-state index is 11.8. The van der Waals surface area contributed by atoms with Gasteiger partial charge in [-0.1, -0.05) is 0 Å². The molecule has 0 saturated carbocycles. The average molecular weight is 212 g/mol. The molecule has 0 N–H and O–H groups in total. The quantitative estimate of drug-likeness (QED) is 0.750. The van der Waals surface area contributed by atoms with Gasteiger partial charge >= 0.3 is 0 Å². The van der Waals surface area contributed by atoms with Crippen molar-refractivity contribution in [3.8, 4) is 0 Å². The molecule has 0 aliphatic rings. The van der Waals surface area contributed by atoms with Crippen LogP contribution in [0, 0.1) is 0 Å². The summed E-state index contributed by atoms with van der Waals surface area (Å²) >= 11 is 1.61. The molecule has 1 aromatic heterocycles. The Hall–Kier alpha value is -0.670. The smallest absolute Gasteiger partial charge is 0.168 e. The molecule has 1 aromatic rings. The molecule has 0 radical (unpaired) electrons. The van der Waals surface area contributed by atoms with Gasteiger partial charge in [0.15, 0.2) is 5.78 Å². The lowest BCUT2D eigenvalue weighted by molar-refractivity contribution is -0.139. The molecule has 14 heavy (non-hydrogen) atoms. The highest BCUT2D eigenvalue weighted by molar-refractivity contribution is 7.07. The van der Waals surface area contributed by atoms with Gasteiger partial charge in [0, 0.05) is 13.0 Å². The first-order valence-corrected chi connectivity index (χ1v) is 5.69. The van der Waals surface area contributed by atoms with E-state index in [0.29, 0.717) is 13.0 Å². The molecule has 0 unspecified atom stereocenters. The predicted molar refractivity (Wildman–Crippen MR) is 58.7 cm³/mol. The summed E-state index contributed by atoms with van der Waals surface area (Å²) in [5.41, 5.74) is 0.421. The van der Waals surface area contributed by atoms with Crippen molar-refractivity contribution < 1.29 is 9.53 Å². The van der Waals surface area contributed by atoms with E-state index >= 15 is 0 Å². The van der Waals surface area contributed by atoms with Gasteiger partial charge in [0.2, 0.25) is 0 Å². The Bertz CT molecular complexity index is 288. The number of carbonyl (C=O) groups is 1. The number of ether oxygens (including phenoxy) is 1. The van der Waals surface area contributed by atoms with Crippen LogP contribution in [0.15, 0.2) is 16.8 Å². The van der Waals surface area contributed by atoms with E-state index in [1.165, 1.54) is 0 Å². The summed E-state index contributed by atoms with van der Waals surface area (Å²) in [4.78, 5) is 11.8. The molecule has 0 fully saturated rings. The van der Waals surface area contributed by atoms with E-state index < -0.39 is 5.60 Å². The number of hydrogen-bond donors (Lipinski definition) is 0. The summed E-state index contributed by atoms with van der Waals surface area (Å²) in [6.07, 6.45) is 0.469. The van der Waals surface area contributed by atoms with Gasteiger partial charge in [-0.15, -0.1) is 0 Å². The van der Waals surface area contributed by atoms with Gasteiger partial charge in [-0.25, -0.2) is 0 Å². The lowest BCUT2D eigenvalue weighted by atomic mass is 9.98. The zero-order valence-corrected chi connectivity index (χ0v) is 9.69. The van der Waals surface area contributed by atoms with Gasteiger partial charge < -0.3 is 4.74 Å². The number of rotatable bonds is 5. The van der Waals surface area contributed by atoms with Crippen molar-refractivity contribution in [3.05, 3.63) is 22.4 Å². The van der Waals surface area contributed by atoms with Gasteiger partial charge in [-0.2, -0.15) is 11.3 Å². The van der Waals surface area contributed by atoms with Gasteiger partial charge in [-0.3, -0.25) is 4.79 Å². The zero-order valence-electron chi connectivity index (χ0n) is 8.87. The third-order valence-corrected chi connectivity index (χ3v) is 2.85. The van der Waals surface area contributed by atoms with Crippen LogP contribution in [0.1, 0.15) is 26.3 Å². The highest BCUT2D eigenvalue weighted by Crippen LogP contribution is 2.15. The Morgan fingerprint density at radius 1 is 1.57 bits per heavy atom. The molecule has 0 amide bonds. The van der Waals surface area contributed by atoms with E-state index in [1.807, 2.05) is 37.6 Å². The molecule has 2 nitrogen and oxygen atoms in total. The van der Waals surface area contributed by atoms with Crippen LogP contribution >= 0.6 is 11.3 Å². The van der Waals surface area contributed by atoms with E-state index in [-0.39, 0.29) is 5.78 Å². The number of carbonyl (C=O) groups excluding carboxylic acids is 1. The first-order valence-electron chi connectivity index (χ1n) is 4.74. The minimum absolute atomic E-state index is 0.137. The van der Waals surface area contributed by atoms with Crippen molar-refractivity contribution in [2.24, 2.45) is 0 Å². The molecule has 3 heteroatoms. The van der Waals surface area contributed by atoms with Crippen LogP contribution in [0.3, 0.4) is 0 Å². The molecule has 0 bridgehead atoms. The van der Waals surface area contributed by atoms with Crippen molar-refractivity contribution in [1.29, 1.82) is 0 Å². The maximum Gasteiger partial charge on any atom is 0.168 e. The fourth-order valence-corrected chi connectivity index (χ4v) is 1.90. The first kappa shape index (κ1) is 11.4. The Labute approximate surface area is 88.9 Å². The molecular weight excluding hydrogens is 196 g/mol. The summed E-state index contributed by atoms with van der Waals surface area (Å²) in [5, 5.41) is 3.98. The minimum atomic E-state index is -0.656. The van der Waals surface area contributed by atoms with E-state index in [0.717, 1.165) is 5.56 Å². The molecule has 0 saturated heterocycles. The Morgan fingerprint density at radius 2 is 2.29 bits per heavy atom. The fourth-order valence-electron chi connectivity index (χ4n) is 1.23. The molecule has 0 aromatic carbocycles. The number of ketones is 1. The minimum Gasteiger partial charge on any atom is -0.368 e. The van der Waals surface area contributed by atoms with Crippen LogP contribution in [0.25, 0.3) is 0 Å². The maximum absolute atomic E-state index is 11.8. The Kier molecular flexibility index (Phi) is 3.84. The SMILES string of the molecule is CCOC(C)(C)C(=O)Cc1ccsc1. The number of thiophene rings is 1. The highest BCUT2D eigenvalue weighted by atomic mass is 32.1. The molecule has 0 spiro atoms. The second-order valence-electron chi connectivity index (χ2n) is 3.67. The van der Waals surface area contributed by atoms with Gasteiger partial charge in [0.1, 0.15) is 5.60 Å². The standard InChI is InChI=1S/C11H16O2S/c1-4-13-11(2,3)10(12)7-9-5-6-14-8-9/h5-6,8H,4,7H2,1-3H3. The van der Waals surface area contributed by atoms with E-state index in [4.69, 9.17) is 4.74 Å². The van der Waals surface area contributed by atoms with Gasteiger partial charge in [0.05, 0.1) is 0 Å². The summed E-state index contributed by atoms with van der Waals surface area (Å²) in [5.74, 6) is 0.137. The second kappa shape index (κ2) is 4.71. The molecule has 0 aliphatic heterocycles. The van der Waals surface area contributed by atoms with Gasteiger partial charge in [0.25, 0.3) is 0 Å². The van der Waals surface area contributed by atoms with Crippen molar-refractivity contribution in [2.75, 3.05) is 6.61 Å². The highest BCUT2D eigenvalue weighted by Gasteiger charge is 2.27. The molecule has 0 aliphatic carbocycles. The van der Waals surface area contributed by atoms with Crippen LogP contribution in [-0.4, -0.2) is 18.0 Å². The molecule has 1 heterocycles. The van der Waals surface area contributed by atoms with Crippen molar-refractivity contribution in [2.45, 2.75) is 32.8 Å². The third-order valence-electron chi connectivity index (χ3n) is 2.12. The second-order valence-corrected chi connectivity index (χ2v) is 4.45. The fraction of sp³-hybridized carbons (Fsp3) is 0.545. The summed E-state index contributed by atoms with van der Waals surface area (Å²) in [6.45, 7) is 6.12. The summed E-state index contributed by atoms with van der Waals surface area (Å²) in [6, 6.07) is 1.98. The van der Waals surface area contributed by atoms with E-state index in [2.05, 4.69) is 0 Å². The lowest BCUT2D eigenvalue weighted by Gasteiger charge is -2.22. The average Bonchev–Trinajstić information content (AvgIpc) is 2.56.